The van der Waals surface area contributed by atoms with Gasteiger partial charge in [0.15, 0.2) is 0 Å². The first-order chi connectivity index (χ1) is 6.18. The summed E-state index contributed by atoms with van der Waals surface area (Å²) in [4.78, 5) is 11.1. The number of amides is 1. The van der Waals surface area contributed by atoms with Gasteiger partial charge in [-0.2, -0.15) is 0 Å². The van der Waals surface area contributed by atoms with E-state index in [4.69, 9.17) is 5.73 Å². The van der Waals surface area contributed by atoms with Gasteiger partial charge in [-0.1, -0.05) is 23.8 Å². The van der Waals surface area contributed by atoms with E-state index in [1.54, 1.807) is 0 Å². The van der Waals surface area contributed by atoms with Crippen LogP contribution in [-0.4, -0.2) is 5.91 Å². The molecule has 0 aliphatic heterocycles. The standard InChI is InChI=1S/C11H13NO/c1-7-2-3-8-4-5-9(11(12)13)10(8)6-7/h2-3,6,9H,4-5H2,1H3,(H2,12,13). The van der Waals surface area contributed by atoms with Crippen molar-refractivity contribution in [3.8, 4) is 0 Å². The fourth-order valence-corrected chi connectivity index (χ4v) is 2.02. The Morgan fingerprint density at radius 3 is 3.00 bits per heavy atom. The van der Waals surface area contributed by atoms with Crippen LogP contribution in [0.3, 0.4) is 0 Å². The quantitative estimate of drug-likeness (QED) is 0.690. The van der Waals surface area contributed by atoms with Crippen molar-refractivity contribution < 1.29 is 4.79 Å². The van der Waals surface area contributed by atoms with Crippen LogP contribution >= 0.6 is 0 Å². The minimum Gasteiger partial charge on any atom is -0.369 e. The minimum atomic E-state index is -0.190. The van der Waals surface area contributed by atoms with Crippen LogP contribution in [0, 0.1) is 6.92 Å². The lowest BCUT2D eigenvalue weighted by Crippen LogP contribution is -2.19. The molecule has 1 aromatic rings. The molecule has 0 saturated carbocycles. The maximum absolute atomic E-state index is 11.1. The smallest absolute Gasteiger partial charge is 0.224 e. The molecule has 2 rings (SSSR count). The summed E-state index contributed by atoms with van der Waals surface area (Å²) in [6.07, 6.45) is 1.87. The fraction of sp³-hybridized carbons (Fsp3) is 0.364. The Kier molecular flexibility index (Phi) is 1.83. The van der Waals surface area contributed by atoms with E-state index in [1.165, 1.54) is 11.1 Å². The highest BCUT2D eigenvalue weighted by atomic mass is 16.1. The first kappa shape index (κ1) is 8.30. The Morgan fingerprint density at radius 1 is 1.54 bits per heavy atom. The number of primary amides is 1. The third-order valence-corrected chi connectivity index (χ3v) is 2.72. The number of carbonyl (C=O) groups excluding carboxylic acids is 1. The molecule has 1 amide bonds. The second-order valence-corrected chi connectivity index (χ2v) is 3.70. The van der Waals surface area contributed by atoms with Gasteiger partial charge < -0.3 is 5.73 Å². The molecular formula is C11H13NO. The van der Waals surface area contributed by atoms with Crippen molar-refractivity contribution in [1.82, 2.24) is 0 Å². The summed E-state index contributed by atoms with van der Waals surface area (Å²) in [5.41, 5.74) is 8.96. The molecule has 0 aromatic heterocycles. The molecule has 0 radical (unpaired) electrons. The first-order valence-electron chi connectivity index (χ1n) is 4.57. The summed E-state index contributed by atoms with van der Waals surface area (Å²) in [5, 5.41) is 0. The molecule has 68 valence electrons. The molecule has 2 N–H and O–H groups in total. The van der Waals surface area contributed by atoms with E-state index in [0.717, 1.165) is 18.4 Å². The number of hydrogen-bond acceptors (Lipinski definition) is 1. The van der Waals surface area contributed by atoms with E-state index in [9.17, 15) is 4.79 Å². The van der Waals surface area contributed by atoms with Crippen LogP contribution in [0.5, 0.6) is 0 Å². The molecule has 0 heterocycles. The summed E-state index contributed by atoms with van der Waals surface area (Å²) in [6.45, 7) is 2.04. The molecule has 0 fully saturated rings. The van der Waals surface area contributed by atoms with Crippen LogP contribution in [0.25, 0.3) is 0 Å². The van der Waals surface area contributed by atoms with E-state index in [-0.39, 0.29) is 11.8 Å². The zero-order valence-corrected chi connectivity index (χ0v) is 7.71. The van der Waals surface area contributed by atoms with Gasteiger partial charge >= 0.3 is 0 Å². The zero-order chi connectivity index (χ0) is 9.42. The average molecular weight is 175 g/mol. The Morgan fingerprint density at radius 2 is 2.31 bits per heavy atom. The average Bonchev–Trinajstić information content (AvgIpc) is 2.46. The topological polar surface area (TPSA) is 43.1 Å². The second kappa shape index (κ2) is 2.87. The fourth-order valence-electron chi connectivity index (χ4n) is 2.02. The van der Waals surface area contributed by atoms with Crippen molar-refractivity contribution in [1.29, 1.82) is 0 Å². The number of hydrogen-bond donors (Lipinski definition) is 1. The van der Waals surface area contributed by atoms with Crippen LogP contribution in [0.15, 0.2) is 18.2 Å². The van der Waals surface area contributed by atoms with Crippen molar-refractivity contribution in [2.45, 2.75) is 25.7 Å². The van der Waals surface area contributed by atoms with Gasteiger partial charge in [-0.15, -0.1) is 0 Å². The third kappa shape index (κ3) is 1.32. The van der Waals surface area contributed by atoms with Gasteiger partial charge in [-0.3, -0.25) is 4.79 Å². The predicted octanol–water partition coefficient (Wildman–Crippen LogP) is 1.51. The zero-order valence-electron chi connectivity index (χ0n) is 7.71. The lowest BCUT2D eigenvalue weighted by atomic mass is 9.99. The SMILES string of the molecule is Cc1ccc2c(c1)C(C(N)=O)CC2. The van der Waals surface area contributed by atoms with E-state index < -0.39 is 0 Å². The molecule has 0 bridgehead atoms. The Labute approximate surface area is 77.8 Å². The minimum absolute atomic E-state index is 0.0464. The van der Waals surface area contributed by atoms with Crippen molar-refractivity contribution >= 4 is 5.91 Å². The van der Waals surface area contributed by atoms with Crippen molar-refractivity contribution in [3.63, 3.8) is 0 Å². The Bertz CT molecular complexity index is 357. The summed E-state index contributed by atoms with van der Waals surface area (Å²) < 4.78 is 0. The molecular weight excluding hydrogens is 162 g/mol. The van der Waals surface area contributed by atoms with E-state index >= 15 is 0 Å². The normalized spacial score (nSPS) is 19.9. The van der Waals surface area contributed by atoms with Gasteiger partial charge in [0, 0.05) is 0 Å². The molecule has 1 aromatic carbocycles. The molecule has 1 unspecified atom stereocenters. The highest BCUT2D eigenvalue weighted by Gasteiger charge is 2.26. The largest absolute Gasteiger partial charge is 0.369 e. The summed E-state index contributed by atoms with van der Waals surface area (Å²) in [6, 6.07) is 6.27. The maximum atomic E-state index is 11.1. The van der Waals surface area contributed by atoms with Crippen LogP contribution in [0.2, 0.25) is 0 Å². The Balaban J connectivity index is 2.46. The maximum Gasteiger partial charge on any atom is 0.224 e. The van der Waals surface area contributed by atoms with Gasteiger partial charge in [-0.05, 0) is 30.9 Å². The number of aryl methyl sites for hydroxylation is 2. The molecule has 1 atom stereocenters. The molecule has 2 nitrogen and oxygen atoms in total. The van der Waals surface area contributed by atoms with Crippen LogP contribution in [0.1, 0.15) is 29.0 Å². The first-order valence-corrected chi connectivity index (χ1v) is 4.57. The Hall–Kier alpha value is -1.31. The molecule has 2 heteroatoms. The van der Waals surface area contributed by atoms with E-state index in [0.29, 0.717) is 0 Å². The molecule has 13 heavy (non-hydrogen) atoms. The van der Waals surface area contributed by atoms with Crippen molar-refractivity contribution in [2.24, 2.45) is 5.73 Å². The third-order valence-electron chi connectivity index (χ3n) is 2.72. The molecule has 1 aliphatic rings. The van der Waals surface area contributed by atoms with Gasteiger partial charge in [0.2, 0.25) is 5.91 Å². The van der Waals surface area contributed by atoms with Crippen molar-refractivity contribution in [3.05, 3.63) is 34.9 Å². The van der Waals surface area contributed by atoms with Gasteiger partial charge in [-0.25, -0.2) is 0 Å². The molecule has 1 aliphatic carbocycles. The lowest BCUT2D eigenvalue weighted by Gasteiger charge is -2.06. The summed E-state index contributed by atoms with van der Waals surface area (Å²) in [7, 11) is 0. The van der Waals surface area contributed by atoms with E-state index in [2.05, 4.69) is 18.2 Å². The molecule has 0 saturated heterocycles. The van der Waals surface area contributed by atoms with E-state index in [1.807, 2.05) is 6.92 Å². The monoisotopic (exact) mass is 175 g/mol. The number of nitrogens with two attached hydrogens (primary N) is 1. The number of fused-ring (bicyclic) bond motifs is 1. The highest BCUT2D eigenvalue weighted by Crippen LogP contribution is 2.33. The number of rotatable bonds is 1. The molecule has 0 spiro atoms. The van der Waals surface area contributed by atoms with Crippen LogP contribution < -0.4 is 5.73 Å². The summed E-state index contributed by atoms with van der Waals surface area (Å²) in [5.74, 6) is -0.237. The van der Waals surface area contributed by atoms with Gasteiger partial charge in [0.05, 0.1) is 5.92 Å². The van der Waals surface area contributed by atoms with Crippen LogP contribution in [-0.2, 0) is 11.2 Å². The summed E-state index contributed by atoms with van der Waals surface area (Å²) >= 11 is 0. The van der Waals surface area contributed by atoms with Gasteiger partial charge in [0.1, 0.15) is 0 Å². The number of benzene rings is 1. The second-order valence-electron chi connectivity index (χ2n) is 3.70. The van der Waals surface area contributed by atoms with Crippen LogP contribution in [0.4, 0.5) is 0 Å². The number of carbonyl (C=O) groups is 1. The highest BCUT2D eigenvalue weighted by molar-refractivity contribution is 5.83. The predicted molar refractivity (Wildman–Crippen MR) is 51.4 cm³/mol. The van der Waals surface area contributed by atoms with Gasteiger partial charge in [0.25, 0.3) is 0 Å². The lowest BCUT2D eigenvalue weighted by molar-refractivity contribution is -0.119. The van der Waals surface area contributed by atoms with Crippen molar-refractivity contribution in [2.75, 3.05) is 0 Å².